The number of hydrogen-bond donors (Lipinski definition) is 0. The highest BCUT2D eigenvalue weighted by Gasteiger charge is 2.33. The molecule has 4 rings (SSSR count). The number of sulfonamides is 1. The van der Waals surface area contributed by atoms with Crippen molar-refractivity contribution < 1.29 is 22.5 Å². The zero-order valence-electron chi connectivity index (χ0n) is 17.6. The first-order valence-corrected chi connectivity index (χ1v) is 11.5. The van der Waals surface area contributed by atoms with E-state index in [0.717, 1.165) is 6.07 Å². The molecule has 1 amide bonds. The van der Waals surface area contributed by atoms with Crippen LogP contribution in [0.4, 0.5) is 10.1 Å². The number of piperazine rings is 1. The van der Waals surface area contributed by atoms with Crippen LogP contribution in [0, 0.1) is 22.9 Å². The third kappa shape index (κ3) is 4.34. The van der Waals surface area contributed by atoms with Gasteiger partial charge in [0.05, 0.1) is 22.3 Å². The van der Waals surface area contributed by atoms with E-state index in [9.17, 15) is 27.7 Å². The van der Waals surface area contributed by atoms with E-state index in [1.165, 1.54) is 62.7 Å². The van der Waals surface area contributed by atoms with Gasteiger partial charge in [-0.1, -0.05) is 6.07 Å². The smallest absolute Gasteiger partial charge is 0.272 e. The van der Waals surface area contributed by atoms with Crippen LogP contribution in [0.5, 0.6) is 0 Å². The summed E-state index contributed by atoms with van der Waals surface area (Å²) in [5.41, 5.74) is 0.941. The summed E-state index contributed by atoms with van der Waals surface area (Å²) < 4.78 is 42.2. The minimum Gasteiger partial charge on any atom is -0.335 e. The first-order valence-electron chi connectivity index (χ1n) is 10.0. The zero-order chi connectivity index (χ0) is 23.8. The van der Waals surface area contributed by atoms with E-state index in [4.69, 9.17) is 0 Å². The third-order valence-corrected chi connectivity index (χ3v) is 7.53. The van der Waals surface area contributed by atoms with Crippen LogP contribution in [0.3, 0.4) is 0 Å². The number of nitro groups is 1. The molecule has 0 bridgehead atoms. The van der Waals surface area contributed by atoms with Gasteiger partial charge in [0.15, 0.2) is 0 Å². The number of aromatic nitrogens is 2. The SMILES string of the molecule is Cc1ccc([N+](=O)[O-])cc1S(=O)(=O)N1CCN(C(=O)c2cncn2-c2ccc(F)cc2)CC1. The lowest BCUT2D eigenvalue weighted by atomic mass is 10.2. The molecule has 1 saturated heterocycles. The molecule has 172 valence electrons. The van der Waals surface area contributed by atoms with E-state index in [1.54, 1.807) is 6.92 Å². The van der Waals surface area contributed by atoms with Gasteiger partial charge >= 0.3 is 0 Å². The Hall–Kier alpha value is -3.64. The fourth-order valence-electron chi connectivity index (χ4n) is 3.67. The Bertz CT molecular complexity index is 1320. The van der Waals surface area contributed by atoms with Gasteiger partial charge in [0.2, 0.25) is 10.0 Å². The number of rotatable bonds is 5. The van der Waals surface area contributed by atoms with Crippen molar-refractivity contribution in [3.05, 3.63) is 82.2 Å². The van der Waals surface area contributed by atoms with E-state index in [0.29, 0.717) is 11.3 Å². The number of nitro benzene ring substituents is 1. The second-order valence-electron chi connectivity index (χ2n) is 7.53. The number of non-ortho nitro benzene ring substituents is 1. The fraction of sp³-hybridized carbons (Fsp3) is 0.238. The average Bonchev–Trinajstić information content (AvgIpc) is 3.29. The van der Waals surface area contributed by atoms with Crippen molar-refractivity contribution in [1.82, 2.24) is 18.8 Å². The van der Waals surface area contributed by atoms with Crippen LogP contribution in [-0.2, 0) is 10.0 Å². The van der Waals surface area contributed by atoms with Gasteiger partial charge in [0.25, 0.3) is 11.6 Å². The van der Waals surface area contributed by atoms with Crippen LogP contribution in [-0.4, -0.2) is 64.2 Å². The van der Waals surface area contributed by atoms with Gasteiger partial charge in [-0.2, -0.15) is 4.31 Å². The molecule has 1 fully saturated rings. The summed E-state index contributed by atoms with van der Waals surface area (Å²) in [4.78, 5) is 28.9. The molecule has 33 heavy (non-hydrogen) atoms. The Kier molecular flexibility index (Phi) is 5.95. The highest BCUT2D eigenvalue weighted by Crippen LogP contribution is 2.26. The van der Waals surface area contributed by atoms with Gasteiger partial charge in [-0.25, -0.2) is 17.8 Å². The van der Waals surface area contributed by atoms with Gasteiger partial charge in [-0.05, 0) is 36.8 Å². The van der Waals surface area contributed by atoms with Crippen molar-refractivity contribution in [3.8, 4) is 5.69 Å². The van der Waals surface area contributed by atoms with Crippen LogP contribution >= 0.6 is 0 Å². The topological polar surface area (TPSA) is 119 Å². The lowest BCUT2D eigenvalue weighted by Crippen LogP contribution is -2.50. The molecule has 1 aliphatic heterocycles. The monoisotopic (exact) mass is 473 g/mol. The Morgan fingerprint density at radius 1 is 1.09 bits per heavy atom. The average molecular weight is 473 g/mol. The largest absolute Gasteiger partial charge is 0.335 e. The number of halogens is 1. The van der Waals surface area contributed by atoms with E-state index >= 15 is 0 Å². The van der Waals surface area contributed by atoms with Crippen molar-refractivity contribution in [2.45, 2.75) is 11.8 Å². The zero-order valence-corrected chi connectivity index (χ0v) is 18.4. The molecule has 3 aromatic rings. The van der Waals surface area contributed by atoms with Crippen molar-refractivity contribution in [1.29, 1.82) is 0 Å². The van der Waals surface area contributed by atoms with Crippen LogP contribution in [0.25, 0.3) is 5.69 Å². The van der Waals surface area contributed by atoms with Gasteiger partial charge in [-0.3, -0.25) is 19.5 Å². The summed E-state index contributed by atoms with van der Waals surface area (Å²) >= 11 is 0. The molecule has 0 aliphatic carbocycles. The molecule has 1 aliphatic rings. The van der Waals surface area contributed by atoms with Crippen molar-refractivity contribution in [3.63, 3.8) is 0 Å². The van der Waals surface area contributed by atoms with Crippen LogP contribution in [0.2, 0.25) is 0 Å². The lowest BCUT2D eigenvalue weighted by molar-refractivity contribution is -0.385. The Labute approximate surface area is 189 Å². The first-order chi connectivity index (χ1) is 15.7. The maximum Gasteiger partial charge on any atom is 0.272 e. The maximum atomic E-state index is 13.2. The number of carbonyl (C=O) groups excluding carboxylic acids is 1. The van der Waals surface area contributed by atoms with E-state index in [-0.39, 0.29) is 48.4 Å². The molecule has 0 saturated carbocycles. The van der Waals surface area contributed by atoms with E-state index in [2.05, 4.69) is 4.98 Å². The van der Waals surface area contributed by atoms with Gasteiger partial charge in [-0.15, -0.1) is 0 Å². The molecule has 2 heterocycles. The number of nitrogens with zero attached hydrogens (tertiary/aromatic N) is 5. The van der Waals surface area contributed by atoms with Crippen LogP contribution < -0.4 is 0 Å². The molecule has 0 N–H and O–H groups in total. The van der Waals surface area contributed by atoms with E-state index in [1.807, 2.05) is 0 Å². The van der Waals surface area contributed by atoms with Crippen LogP contribution in [0.15, 0.2) is 59.9 Å². The van der Waals surface area contributed by atoms with Crippen LogP contribution in [0.1, 0.15) is 16.1 Å². The molecule has 1 aromatic heterocycles. The second-order valence-corrected chi connectivity index (χ2v) is 9.43. The molecule has 0 unspecified atom stereocenters. The Morgan fingerprint density at radius 2 is 1.76 bits per heavy atom. The fourth-order valence-corrected chi connectivity index (χ4v) is 5.34. The summed E-state index contributed by atoms with van der Waals surface area (Å²) in [5.74, 6) is -0.733. The summed E-state index contributed by atoms with van der Waals surface area (Å²) in [6.45, 7) is 1.94. The van der Waals surface area contributed by atoms with Crippen molar-refractivity contribution in [2.75, 3.05) is 26.2 Å². The third-order valence-electron chi connectivity index (χ3n) is 5.49. The van der Waals surface area contributed by atoms with Gasteiger partial charge in [0.1, 0.15) is 11.5 Å². The predicted octanol–water partition coefficient (Wildman–Crippen LogP) is 2.37. The number of carbonyl (C=O) groups is 1. The lowest BCUT2D eigenvalue weighted by Gasteiger charge is -2.34. The normalized spacial score (nSPS) is 14.9. The highest BCUT2D eigenvalue weighted by atomic mass is 32.2. The Morgan fingerprint density at radius 3 is 2.39 bits per heavy atom. The van der Waals surface area contributed by atoms with Gasteiger partial charge in [0, 0.05) is 44.0 Å². The molecule has 12 heteroatoms. The molecule has 10 nitrogen and oxygen atoms in total. The summed E-state index contributed by atoms with van der Waals surface area (Å²) in [7, 11) is -3.97. The number of hydrogen-bond acceptors (Lipinski definition) is 6. The number of amides is 1. The maximum absolute atomic E-state index is 13.2. The van der Waals surface area contributed by atoms with E-state index < -0.39 is 20.8 Å². The molecule has 0 radical (unpaired) electrons. The number of benzene rings is 2. The highest BCUT2D eigenvalue weighted by molar-refractivity contribution is 7.89. The van der Waals surface area contributed by atoms with Crippen molar-refractivity contribution >= 4 is 21.6 Å². The summed E-state index contributed by atoms with van der Waals surface area (Å²) in [6.07, 6.45) is 2.85. The molecule has 0 atom stereocenters. The molecule has 0 spiro atoms. The molecular formula is C21H20FN5O5S. The standard InChI is InChI=1S/C21H20FN5O5S/c1-15-2-5-18(27(29)30)12-20(15)33(31,32)25-10-8-24(9-11-25)21(28)19-13-23-14-26(19)17-6-3-16(22)4-7-17/h2-7,12-14H,8-11H2,1H3. The van der Waals surface area contributed by atoms with Gasteiger partial charge < -0.3 is 4.90 Å². The minimum atomic E-state index is -3.97. The quantitative estimate of drug-likeness (QED) is 0.415. The number of imidazole rings is 1. The minimum absolute atomic E-state index is 0.0426. The predicted molar refractivity (Wildman–Crippen MR) is 116 cm³/mol. The first kappa shape index (κ1) is 22.6. The Balaban J connectivity index is 1.50. The second kappa shape index (κ2) is 8.71. The molecular weight excluding hydrogens is 453 g/mol. The molecule has 2 aromatic carbocycles. The van der Waals surface area contributed by atoms with Crippen molar-refractivity contribution in [2.24, 2.45) is 0 Å². The summed E-state index contributed by atoms with van der Waals surface area (Å²) in [6, 6.07) is 9.34. The number of aryl methyl sites for hydroxylation is 1. The summed E-state index contributed by atoms with van der Waals surface area (Å²) in [5, 5.41) is 11.1.